The van der Waals surface area contributed by atoms with Crippen molar-refractivity contribution in [2.75, 3.05) is 37.6 Å². The molecular weight excluding hydrogens is 304 g/mol. The highest BCUT2D eigenvalue weighted by atomic mass is 32.1. The topological polar surface area (TPSA) is 26.7 Å². The summed E-state index contributed by atoms with van der Waals surface area (Å²) in [6.45, 7) is 9.66. The normalized spacial score (nSPS) is 17.4. The zero-order chi connectivity index (χ0) is 16.2. The summed E-state index contributed by atoms with van der Waals surface area (Å²) in [6.07, 6.45) is 0.510. The van der Waals surface area contributed by atoms with Crippen molar-refractivity contribution in [1.29, 1.82) is 0 Å². The largest absolute Gasteiger partial charge is 0.388 e. The molecule has 0 radical (unpaired) electrons. The van der Waals surface area contributed by atoms with Crippen LogP contribution in [0.15, 0.2) is 35.7 Å². The lowest BCUT2D eigenvalue weighted by Crippen LogP contribution is -2.47. The number of hydrogen-bond acceptors (Lipinski definition) is 4. The summed E-state index contributed by atoms with van der Waals surface area (Å²) in [5, 5.41) is 12.2. The quantitative estimate of drug-likeness (QED) is 0.907. The molecule has 1 N–H and O–H groups in total. The summed E-state index contributed by atoms with van der Waals surface area (Å²) >= 11 is 1.64. The molecule has 1 unspecified atom stereocenters. The van der Waals surface area contributed by atoms with Gasteiger partial charge in [0.25, 0.3) is 0 Å². The lowest BCUT2D eigenvalue weighted by molar-refractivity contribution is 0.142. The highest BCUT2D eigenvalue weighted by Crippen LogP contribution is 2.25. The van der Waals surface area contributed by atoms with Gasteiger partial charge in [0.2, 0.25) is 0 Å². The molecule has 4 heteroatoms. The lowest BCUT2D eigenvalue weighted by atomic mass is 10.1. The van der Waals surface area contributed by atoms with Crippen LogP contribution in [-0.2, 0) is 0 Å². The second-order valence-corrected chi connectivity index (χ2v) is 7.35. The molecular formula is C19H26N2OS. The molecule has 1 aromatic carbocycles. The monoisotopic (exact) mass is 330 g/mol. The van der Waals surface area contributed by atoms with E-state index in [0.717, 1.165) is 44.0 Å². The van der Waals surface area contributed by atoms with Crippen LogP contribution in [0.25, 0.3) is 0 Å². The molecule has 23 heavy (non-hydrogen) atoms. The van der Waals surface area contributed by atoms with Crippen LogP contribution in [-0.4, -0.2) is 42.7 Å². The van der Waals surface area contributed by atoms with E-state index in [9.17, 15) is 5.11 Å². The van der Waals surface area contributed by atoms with E-state index in [1.54, 1.807) is 11.3 Å². The number of thiophene rings is 1. The van der Waals surface area contributed by atoms with E-state index in [1.807, 2.05) is 17.5 Å². The SMILES string of the molecule is Cc1cccc(N2CCN(CCC(O)c3cccs3)CC2)c1C. The van der Waals surface area contributed by atoms with Gasteiger partial charge in [-0.3, -0.25) is 4.90 Å². The molecule has 0 amide bonds. The number of aryl methyl sites for hydroxylation is 1. The van der Waals surface area contributed by atoms with Gasteiger partial charge in [-0.25, -0.2) is 0 Å². The van der Waals surface area contributed by atoms with Crippen molar-refractivity contribution >= 4 is 17.0 Å². The standard InChI is InChI=1S/C19H26N2OS/c1-15-5-3-6-17(16(15)2)21-12-10-20(11-13-21)9-8-18(22)19-7-4-14-23-19/h3-7,14,18,22H,8-13H2,1-2H3. The molecule has 1 aliphatic rings. The van der Waals surface area contributed by atoms with Crippen molar-refractivity contribution in [1.82, 2.24) is 4.90 Å². The van der Waals surface area contributed by atoms with Gasteiger partial charge in [0, 0.05) is 43.3 Å². The molecule has 0 saturated carbocycles. The van der Waals surface area contributed by atoms with E-state index in [4.69, 9.17) is 0 Å². The molecule has 1 saturated heterocycles. The fourth-order valence-electron chi connectivity index (χ4n) is 3.22. The third-order valence-corrected chi connectivity index (χ3v) is 5.85. The Labute approximate surface area is 143 Å². The van der Waals surface area contributed by atoms with Gasteiger partial charge in [0.05, 0.1) is 6.10 Å². The summed E-state index contributed by atoms with van der Waals surface area (Å²) in [5.41, 5.74) is 4.14. The van der Waals surface area contributed by atoms with Crippen molar-refractivity contribution in [3.8, 4) is 0 Å². The summed E-state index contributed by atoms with van der Waals surface area (Å²) in [4.78, 5) is 6.05. The Morgan fingerprint density at radius 3 is 2.57 bits per heavy atom. The van der Waals surface area contributed by atoms with Gasteiger partial charge in [-0.2, -0.15) is 0 Å². The van der Waals surface area contributed by atoms with Crippen molar-refractivity contribution in [2.24, 2.45) is 0 Å². The second kappa shape index (κ2) is 7.47. The van der Waals surface area contributed by atoms with Gasteiger partial charge in [-0.05, 0) is 48.9 Å². The lowest BCUT2D eigenvalue weighted by Gasteiger charge is -2.37. The van der Waals surface area contributed by atoms with E-state index in [-0.39, 0.29) is 6.10 Å². The molecule has 1 aliphatic heterocycles. The Morgan fingerprint density at radius 1 is 1.09 bits per heavy atom. The number of rotatable bonds is 5. The average Bonchev–Trinajstić information content (AvgIpc) is 3.10. The highest BCUT2D eigenvalue weighted by Gasteiger charge is 2.19. The van der Waals surface area contributed by atoms with Gasteiger partial charge in [-0.15, -0.1) is 11.3 Å². The Morgan fingerprint density at radius 2 is 1.87 bits per heavy atom. The molecule has 124 valence electrons. The van der Waals surface area contributed by atoms with Crippen LogP contribution in [0, 0.1) is 13.8 Å². The molecule has 0 aliphatic carbocycles. The molecule has 2 heterocycles. The van der Waals surface area contributed by atoms with E-state index in [1.165, 1.54) is 16.8 Å². The number of hydrogen-bond donors (Lipinski definition) is 1. The number of piperazine rings is 1. The second-order valence-electron chi connectivity index (χ2n) is 6.37. The number of nitrogens with zero attached hydrogens (tertiary/aromatic N) is 2. The van der Waals surface area contributed by atoms with Crippen LogP contribution in [0.5, 0.6) is 0 Å². The highest BCUT2D eigenvalue weighted by molar-refractivity contribution is 7.10. The van der Waals surface area contributed by atoms with Crippen molar-refractivity contribution < 1.29 is 5.11 Å². The van der Waals surface area contributed by atoms with E-state index < -0.39 is 0 Å². The predicted molar refractivity (Wildman–Crippen MR) is 98.5 cm³/mol. The van der Waals surface area contributed by atoms with Crippen LogP contribution in [0.4, 0.5) is 5.69 Å². The van der Waals surface area contributed by atoms with Crippen molar-refractivity contribution in [2.45, 2.75) is 26.4 Å². The van der Waals surface area contributed by atoms with E-state index in [0.29, 0.717) is 0 Å². The summed E-state index contributed by atoms with van der Waals surface area (Å²) in [6, 6.07) is 10.6. The number of aliphatic hydroxyl groups excluding tert-OH is 1. The molecule has 1 aromatic heterocycles. The average molecular weight is 330 g/mol. The minimum atomic E-state index is -0.313. The van der Waals surface area contributed by atoms with Gasteiger partial charge >= 0.3 is 0 Å². The third kappa shape index (κ3) is 3.94. The number of aliphatic hydroxyl groups is 1. The summed E-state index contributed by atoms with van der Waals surface area (Å²) < 4.78 is 0. The number of benzene rings is 1. The molecule has 1 atom stereocenters. The summed E-state index contributed by atoms with van der Waals surface area (Å²) in [7, 11) is 0. The zero-order valence-corrected chi connectivity index (χ0v) is 14.9. The summed E-state index contributed by atoms with van der Waals surface area (Å²) in [5.74, 6) is 0. The van der Waals surface area contributed by atoms with E-state index >= 15 is 0 Å². The Bertz CT molecular complexity index is 618. The maximum Gasteiger partial charge on any atom is 0.0894 e. The molecule has 1 fully saturated rings. The van der Waals surface area contributed by atoms with Crippen molar-refractivity contribution in [3.63, 3.8) is 0 Å². The third-order valence-electron chi connectivity index (χ3n) is 4.88. The molecule has 3 rings (SSSR count). The first-order valence-electron chi connectivity index (χ1n) is 8.40. The predicted octanol–water partition coefficient (Wildman–Crippen LogP) is 3.61. The van der Waals surface area contributed by atoms with Crippen LogP contribution in [0.3, 0.4) is 0 Å². The Balaban J connectivity index is 1.50. The van der Waals surface area contributed by atoms with Gasteiger partial charge < -0.3 is 10.0 Å². The van der Waals surface area contributed by atoms with Crippen molar-refractivity contribution in [3.05, 3.63) is 51.7 Å². The molecule has 0 bridgehead atoms. The first kappa shape index (κ1) is 16.5. The van der Waals surface area contributed by atoms with Gasteiger partial charge in [-0.1, -0.05) is 18.2 Å². The van der Waals surface area contributed by atoms with Crippen LogP contribution >= 0.6 is 11.3 Å². The fraction of sp³-hybridized carbons (Fsp3) is 0.474. The minimum Gasteiger partial charge on any atom is -0.388 e. The van der Waals surface area contributed by atoms with Crippen LogP contribution in [0.2, 0.25) is 0 Å². The first-order chi connectivity index (χ1) is 11.1. The van der Waals surface area contributed by atoms with E-state index in [2.05, 4.69) is 41.8 Å². The first-order valence-corrected chi connectivity index (χ1v) is 9.28. The smallest absolute Gasteiger partial charge is 0.0894 e. The maximum atomic E-state index is 10.2. The fourth-order valence-corrected chi connectivity index (χ4v) is 3.96. The maximum absolute atomic E-state index is 10.2. The Kier molecular flexibility index (Phi) is 5.36. The van der Waals surface area contributed by atoms with Gasteiger partial charge in [0.1, 0.15) is 0 Å². The number of anilines is 1. The molecule has 0 spiro atoms. The molecule has 3 nitrogen and oxygen atoms in total. The molecule has 2 aromatic rings. The Hall–Kier alpha value is -1.36. The van der Waals surface area contributed by atoms with Crippen LogP contribution < -0.4 is 4.90 Å². The van der Waals surface area contributed by atoms with Gasteiger partial charge in [0.15, 0.2) is 0 Å². The zero-order valence-electron chi connectivity index (χ0n) is 14.0. The van der Waals surface area contributed by atoms with Crippen LogP contribution in [0.1, 0.15) is 28.5 Å². The minimum absolute atomic E-state index is 0.313.